The summed E-state index contributed by atoms with van der Waals surface area (Å²) in [5.74, 6) is 0.375. The van der Waals surface area contributed by atoms with Crippen LogP contribution in [-0.4, -0.2) is 96.0 Å². The van der Waals surface area contributed by atoms with Gasteiger partial charge < -0.3 is 23.8 Å². The average molecular weight is 762 g/mol. The Hall–Kier alpha value is -4.10. The van der Waals surface area contributed by atoms with Crippen molar-refractivity contribution in [3.63, 3.8) is 0 Å². The van der Waals surface area contributed by atoms with Crippen molar-refractivity contribution < 1.29 is 32.3 Å². The van der Waals surface area contributed by atoms with Crippen molar-refractivity contribution in [2.24, 2.45) is 5.41 Å². The van der Waals surface area contributed by atoms with E-state index in [1.807, 2.05) is 57.7 Å². The molecule has 2 bridgehead atoms. The summed E-state index contributed by atoms with van der Waals surface area (Å²) in [6.45, 7) is 11.7. The lowest BCUT2D eigenvalue weighted by atomic mass is 9.81. The van der Waals surface area contributed by atoms with Gasteiger partial charge in [-0.2, -0.15) is 12.7 Å². The molecule has 1 saturated carbocycles. The molecule has 1 aliphatic carbocycles. The Morgan fingerprint density at radius 2 is 1.56 bits per heavy atom. The Kier molecular flexibility index (Phi) is 10.3. The Labute approximate surface area is 319 Å². The fraction of sp³-hybridized carbons (Fsp3) is 0.585. The SMILES string of the molecule is CCC(C)(Cn1c(-c2ccc(OC)cc2)c(C2CCCCC2)c2ccc(C(=O)NS(=O)(=O)N3CCC3)cc21)C(=O)N1CC2CC1CN2C(=O)OC(C)(C)C. The molecular weight excluding hydrogens is 707 g/mol. The number of amides is 3. The smallest absolute Gasteiger partial charge is 0.410 e. The fourth-order valence-electron chi connectivity index (χ4n) is 8.80. The van der Waals surface area contributed by atoms with Gasteiger partial charge in [-0.15, -0.1) is 0 Å². The van der Waals surface area contributed by atoms with E-state index < -0.39 is 27.1 Å². The number of hydrogen-bond acceptors (Lipinski definition) is 7. The third-order valence-corrected chi connectivity index (χ3v) is 13.5. The van der Waals surface area contributed by atoms with Gasteiger partial charge in [-0.25, -0.2) is 9.52 Å². The van der Waals surface area contributed by atoms with E-state index in [0.29, 0.717) is 39.1 Å². The van der Waals surface area contributed by atoms with Crippen LogP contribution in [0.1, 0.15) is 108 Å². The number of methoxy groups -OCH3 is 1. The first-order chi connectivity index (χ1) is 25.6. The maximum absolute atomic E-state index is 14.8. The van der Waals surface area contributed by atoms with Crippen LogP contribution in [0.2, 0.25) is 0 Å². The van der Waals surface area contributed by atoms with Crippen molar-refractivity contribution in [1.29, 1.82) is 0 Å². The number of nitrogens with one attached hydrogen (secondary N) is 1. The van der Waals surface area contributed by atoms with E-state index in [4.69, 9.17) is 9.47 Å². The standard InChI is InChI=1S/C41H55N5O7S/c1-7-41(5,38(48)44-24-31-23-30(44)25-45(31)39(49)53-40(2,3)4)26-46-34-22-29(37(47)42-54(50,51)43-20-11-21-43)16-19-33(34)35(27-12-9-8-10-13-27)36(46)28-14-17-32(52-6)18-15-28/h14-19,22,27,30-31H,7-13,20-21,23-26H2,1-6H3,(H,42,47). The van der Waals surface area contributed by atoms with Crippen LogP contribution in [0.3, 0.4) is 0 Å². The van der Waals surface area contributed by atoms with Crippen molar-refractivity contribution >= 4 is 39.0 Å². The molecule has 3 saturated heterocycles. The predicted molar refractivity (Wildman–Crippen MR) is 208 cm³/mol. The van der Waals surface area contributed by atoms with Crippen molar-refractivity contribution in [1.82, 2.24) is 23.4 Å². The van der Waals surface area contributed by atoms with Crippen molar-refractivity contribution in [3.8, 4) is 17.0 Å². The Balaban J connectivity index is 1.30. The lowest BCUT2D eigenvalue weighted by molar-refractivity contribution is -0.144. The highest BCUT2D eigenvalue weighted by atomic mass is 32.2. The highest BCUT2D eigenvalue weighted by Gasteiger charge is 2.51. The second-order valence-corrected chi connectivity index (χ2v) is 18.6. The molecule has 7 rings (SSSR count). The van der Waals surface area contributed by atoms with E-state index in [9.17, 15) is 22.8 Å². The number of carbonyl (C=O) groups excluding carboxylic acids is 3. The summed E-state index contributed by atoms with van der Waals surface area (Å²) in [6.07, 6.45) is 7.21. The number of benzene rings is 2. The summed E-state index contributed by atoms with van der Waals surface area (Å²) in [7, 11) is -2.30. The first-order valence-corrected chi connectivity index (χ1v) is 21.0. The van der Waals surface area contributed by atoms with Crippen molar-refractivity contribution in [3.05, 3.63) is 53.6 Å². The normalized spacial score (nSPS) is 21.9. The molecule has 3 amide bonds. The highest BCUT2D eigenvalue weighted by molar-refractivity contribution is 7.87. The Morgan fingerprint density at radius 3 is 2.13 bits per heavy atom. The van der Waals surface area contributed by atoms with E-state index in [1.54, 1.807) is 24.1 Å². The zero-order chi connectivity index (χ0) is 38.6. The summed E-state index contributed by atoms with van der Waals surface area (Å²) >= 11 is 0. The number of rotatable bonds is 10. The number of likely N-dealkylation sites (tertiary alicyclic amines) is 2. The Morgan fingerprint density at radius 1 is 0.889 bits per heavy atom. The quantitative estimate of drug-likeness (QED) is 0.244. The zero-order valence-corrected chi connectivity index (χ0v) is 33.3. The molecule has 3 aromatic rings. The van der Waals surface area contributed by atoms with Gasteiger partial charge in [-0.1, -0.05) is 32.3 Å². The molecule has 3 atom stereocenters. The molecule has 4 fully saturated rings. The molecule has 1 aromatic heterocycles. The number of ether oxygens (including phenoxy) is 2. The number of carbonyl (C=O) groups is 3. The first kappa shape index (κ1) is 38.2. The monoisotopic (exact) mass is 761 g/mol. The van der Waals surface area contributed by atoms with Gasteiger partial charge in [0.15, 0.2) is 0 Å². The molecule has 4 aliphatic rings. The lowest BCUT2D eigenvalue weighted by Crippen LogP contribution is -2.55. The van der Waals surface area contributed by atoms with Gasteiger partial charge in [0.2, 0.25) is 5.91 Å². The maximum Gasteiger partial charge on any atom is 0.410 e. The topological polar surface area (TPSA) is 130 Å². The van der Waals surface area contributed by atoms with Gasteiger partial charge >= 0.3 is 16.3 Å². The zero-order valence-electron chi connectivity index (χ0n) is 32.5. The molecule has 0 radical (unpaired) electrons. The van der Waals surface area contributed by atoms with E-state index in [-0.39, 0.29) is 35.6 Å². The minimum absolute atomic E-state index is 0.0395. The average Bonchev–Trinajstić information content (AvgIpc) is 3.81. The van der Waals surface area contributed by atoms with Gasteiger partial charge in [0.05, 0.1) is 30.3 Å². The molecule has 292 valence electrons. The van der Waals surface area contributed by atoms with Crippen LogP contribution in [-0.2, 0) is 26.3 Å². The van der Waals surface area contributed by atoms with E-state index in [0.717, 1.165) is 66.4 Å². The van der Waals surface area contributed by atoms with Crippen LogP contribution in [0.25, 0.3) is 22.2 Å². The van der Waals surface area contributed by atoms with E-state index >= 15 is 0 Å². The van der Waals surface area contributed by atoms with E-state index in [1.165, 1.54) is 16.3 Å². The molecule has 13 heteroatoms. The van der Waals surface area contributed by atoms with Crippen LogP contribution in [0.5, 0.6) is 5.75 Å². The number of piperazine rings is 1. The summed E-state index contributed by atoms with van der Waals surface area (Å²) in [4.78, 5) is 45.2. The molecule has 3 aliphatic heterocycles. The molecule has 54 heavy (non-hydrogen) atoms. The summed E-state index contributed by atoms with van der Waals surface area (Å²) in [5.41, 5.74) is 2.80. The fourth-order valence-corrected chi connectivity index (χ4v) is 10.0. The number of nitrogens with zero attached hydrogens (tertiary/aromatic N) is 4. The van der Waals surface area contributed by atoms with Crippen LogP contribution >= 0.6 is 0 Å². The minimum Gasteiger partial charge on any atom is -0.497 e. The van der Waals surface area contributed by atoms with Gasteiger partial charge in [-0.3, -0.25) is 9.59 Å². The van der Waals surface area contributed by atoms with Crippen molar-refractivity contribution in [2.75, 3.05) is 33.3 Å². The molecule has 12 nitrogen and oxygen atoms in total. The lowest BCUT2D eigenvalue weighted by Gasteiger charge is -2.40. The van der Waals surface area contributed by atoms with Crippen molar-refractivity contribution in [2.45, 2.75) is 116 Å². The summed E-state index contributed by atoms with van der Waals surface area (Å²) < 4.78 is 42.8. The molecule has 2 aromatic carbocycles. The molecule has 3 unspecified atom stereocenters. The second kappa shape index (κ2) is 14.5. The van der Waals surface area contributed by atoms with Gasteiger partial charge in [-0.05, 0) is 113 Å². The first-order valence-electron chi connectivity index (χ1n) is 19.6. The number of aromatic nitrogens is 1. The summed E-state index contributed by atoms with van der Waals surface area (Å²) in [5, 5.41) is 1.01. The molecule has 1 N–H and O–H groups in total. The largest absolute Gasteiger partial charge is 0.497 e. The minimum atomic E-state index is -3.95. The summed E-state index contributed by atoms with van der Waals surface area (Å²) in [6, 6.07) is 13.3. The molecular formula is C41H55N5O7S. The molecule has 4 heterocycles. The third-order valence-electron chi connectivity index (χ3n) is 12.1. The van der Waals surface area contributed by atoms with Crippen LogP contribution in [0.4, 0.5) is 4.79 Å². The van der Waals surface area contributed by atoms with E-state index in [2.05, 4.69) is 21.4 Å². The maximum atomic E-state index is 14.8. The predicted octanol–water partition coefficient (Wildman–Crippen LogP) is 6.68. The van der Waals surface area contributed by atoms with Gasteiger partial charge in [0.25, 0.3) is 5.91 Å². The molecule has 0 spiro atoms. The Bertz CT molecular complexity index is 2030. The second-order valence-electron chi connectivity index (χ2n) is 16.9. The highest BCUT2D eigenvalue weighted by Crippen LogP contribution is 2.46. The van der Waals surface area contributed by atoms with Crippen LogP contribution in [0, 0.1) is 5.41 Å². The third kappa shape index (κ3) is 7.21. The van der Waals surface area contributed by atoms with Gasteiger partial charge in [0.1, 0.15) is 11.4 Å². The number of fused-ring (bicyclic) bond motifs is 3. The van der Waals surface area contributed by atoms with Crippen LogP contribution < -0.4 is 9.46 Å². The number of hydrogen-bond donors (Lipinski definition) is 1. The van der Waals surface area contributed by atoms with Gasteiger partial charge in [0, 0.05) is 49.2 Å². The van der Waals surface area contributed by atoms with Crippen LogP contribution in [0.15, 0.2) is 42.5 Å².